The molecular weight excluding hydrogens is 246 g/mol. The van der Waals surface area contributed by atoms with E-state index in [1.165, 1.54) is 5.69 Å². The van der Waals surface area contributed by atoms with Gasteiger partial charge in [-0.15, -0.1) is 0 Å². The number of hydrogen-bond donors (Lipinski definition) is 1. The SMILES string of the molecule is Nc1ccc(N2CCS(=O)CC2)c2ccncc12. The molecule has 2 heterocycles. The topological polar surface area (TPSA) is 59.2 Å². The van der Waals surface area contributed by atoms with Crippen molar-refractivity contribution in [2.75, 3.05) is 35.2 Å². The van der Waals surface area contributed by atoms with Crippen LogP contribution in [0.1, 0.15) is 0 Å². The van der Waals surface area contributed by atoms with Gasteiger partial charge in [-0.25, -0.2) is 0 Å². The minimum Gasteiger partial charge on any atom is -0.398 e. The summed E-state index contributed by atoms with van der Waals surface area (Å²) in [5, 5.41) is 2.11. The second-order valence-electron chi connectivity index (χ2n) is 4.43. The Hall–Kier alpha value is -1.62. The molecule has 1 aromatic heterocycles. The van der Waals surface area contributed by atoms with Crippen molar-refractivity contribution in [2.45, 2.75) is 0 Å². The molecule has 94 valence electrons. The molecule has 1 saturated heterocycles. The molecule has 0 saturated carbocycles. The van der Waals surface area contributed by atoms with Crippen LogP contribution in [0.5, 0.6) is 0 Å². The summed E-state index contributed by atoms with van der Waals surface area (Å²) in [7, 11) is -0.651. The third kappa shape index (κ3) is 1.95. The van der Waals surface area contributed by atoms with E-state index in [0.29, 0.717) is 0 Å². The van der Waals surface area contributed by atoms with Crippen molar-refractivity contribution in [3.63, 3.8) is 0 Å². The minimum absolute atomic E-state index is 0.651. The van der Waals surface area contributed by atoms with E-state index < -0.39 is 10.8 Å². The average Bonchev–Trinajstić information content (AvgIpc) is 2.41. The first-order valence-electron chi connectivity index (χ1n) is 5.98. The van der Waals surface area contributed by atoms with Gasteiger partial charge in [0.15, 0.2) is 0 Å². The lowest BCUT2D eigenvalue weighted by atomic mass is 10.1. The van der Waals surface area contributed by atoms with E-state index in [9.17, 15) is 4.21 Å². The van der Waals surface area contributed by atoms with Crippen LogP contribution >= 0.6 is 0 Å². The van der Waals surface area contributed by atoms with Crippen LogP contribution in [-0.4, -0.2) is 33.8 Å². The Balaban J connectivity index is 2.07. The number of nitrogens with zero attached hydrogens (tertiary/aromatic N) is 2. The Morgan fingerprint density at radius 2 is 1.94 bits per heavy atom. The van der Waals surface area contributed by atoms with Gasteiger partial charge >= 0.3 is 0 Å². The third-order valence-electron chi connectivity index (χ3n) is 3.35. The fourth-order valence-electron chi connectivity index (χ4n) is 2.35. The molecule has 0 aliphatic carbocycles. The number of rotatable bonds is 1. The van der Waals surface area contributed by atoms with Crippen LogP contribution in [0.15, 0.2) is 30.6 Å². The second-order valence-corrected chi connectivity index (χ2v) is 6.13. The van der Waals surface area contributed by atoms with Crippen LogP contribution in [0.4, 0.5) is 11.4 Å². The van der Waals surface area contributed by atoms with Crippen molar-refractivity contribution in [3.8, 4) is 0 Å². The second kappa shape index (κ2) is 4.57. The van der Waals surface area contributed by atoms with E-state index in [0.717, 1.165) is 41.1 Å². The van der Waals surface area contributed by atoms with Gasteiger partial charge in [0.05, 0.1) is 0 Å². The van der Waals surface area contributed by atoms with Crippen LogP contribution in [-0.2, 0) is 10.8 Å². The number of nitrogen functional groups attached to an aromatic ring is 1. The van der Waals surface area contributed by atoms with Gasteiger partial charge in [-0.1, -0.05) is 0 Å². The predicted molar refractivity (Wildman–Crippen MR) is 76.2 cm³/mol. The Labute approximate surface area is 108 Å². The number of aromatic nitrogens is 1. The highest BCUT2D eigenvalue weighted by Crippen LogP contribution is 2.30. The molecule has 0 radical (unpaired) electrons. The molecule has 2 aromatic rings. The first-order chi connectivity index (χ1) is 8.75. The van der Waals surface area contributed by atoms with Crippen LogP contribution < -0.4 is 10.6 Å². The van der Waals surface area contributed by atoms with Gasteiger partial charge in [0.1, 0.15) is 0 Å². The lowest BCUT2D eigenvalue weighted by molar-refractivity contribution is 0.673. The normalized spacial score (nSPS) is 17.2. The van der Waals surface area contributed by atoms with E-state index in [-0.39, 0.29) is 0 Å². The highest BCUT2D eigenvalue weighted by molar-refractivity contribution is 7.85. The summed E-state index contributed by atoms with van der Waals surface area (Å²) in [5.41, 5.74) is 7.89. The van der Waals surface area contributed by atoms with Crippen molar-refractivity contribution in [1.29, 1.82) is 0 Å². The maximum atomic E-state index is 11.4. The third-order valence-corrected chi connectivity index (χ3v) is 4.62. The predicted octanol–water partition coefficient (Wildman–Crippen LogP) is 1.39. The van der Waals surface area contributed by atoms with Crippen molar-refractivity contribution in [2.24, 2.45) is 0 Å². The first-order valence-corrected chi connectivity index (χ1v) is 7.46. The molecule has 0 atom stereocenters. The smallest absolute Gasteiger partial charge is 0.0449 e. The molecule has 3 rings (SSSR count). The molecule has 0 spiro atoms. The van der Waals surface area contributed by atoms with E-state index in [1.54, 1.807) is 12.4 Å². The summed E-state index contributed by atoms with van der Waals surface area (Å²) in [6, 6.07) is 5.96. The minimum atomic E-state index is -0.651. The monoisotopic (exact) mass is 261 g/mol. The number of hydrogen-bond acceptors (Lipinski definition) is 4. The number of nitrogens with two attached hydrogens (primary N) is 1. The van der Waals surface area contributed by atoms with Crippen molar-refractivity contribution in [3.05, 3.63) is 30.6 Å². The molecule has 4 nitrogen and oxygen atoms in total. The Bertz CT molecular complexity index is 604. The summed E-state index contributed by atoms with van der Waals surface area (Å²) < 4.78 is 11.4. The summed E-state index contributed by atoms with van der Waals surface area (Å²) in [4.78, 5) is 6.41. The number of benzene rings is 1. The van der Waals surface area contributed by atoms with Crippen LogP contribution in [0.3, 0.4) is 0 Å². The summed E-state index contributed by atoms with van der Waals surface area (Å²) in [6.07, 6.45) is 3.59. The van der Waals surface area contributed by atoms with Gasteiger partial charge in [0.2, 0.25) is 0 Å². The van der Waals surface area contributed by atoms with Gasteiger partial charge in [-0.2, -0.15) is 0 Å². The molecule has 1 aliphatic rings. The van der Waals surface area contributed by atoms with E-state index >= 15 is 0 Å². The lowest BCUT2D eigenvalue weighted by Crippen LogP contribution is -2.37. The molecule has 5 heteroatoms. The molecule has 0 unspecified atom stereocenters. The number of fused-ring (bicyclic) bond motifs is 1. The summed E-state index contributed by atoms with van der Waals surface area (Å²) in [5.74, 6) is 1.49. The van der Waals surface area contributed by atoms with Crippen molar-refractivity contribution < 1.29 is 4.21 Å². The largest absolute Gasteiger partial charge is 0.398 e. The molecule has 18 heavy (non-hydrogen) atoms. The highest BCUT2D eigenvalue weighted by atomic mass is 32.2. The van der Waals surface area contributed by atoms with Gasteiger partial charge in [0, 0.05) is 69.9 Å². The molecule has 1 aromatic carbocycles. The van der Waals surface area contributed by atoms with Crippen LogP contribution in [0.25, 0.3) is 10.8 Å². The lowest BCUT2D eigenvalue weighted by Gasteiger charge is -2.29. The van der Waals surface area contributed by atoms with E-state index in [1.807, 2.05) is 18.2 Å². The highest BCUT2D eigenvalue weighted by Gasteiger charge is 2.17. The molecule has 1 aliphatic heterocycles. The Morgan fingerprint density at radius 1 is 1.17 bits per heavy atom. The van der Waals surface area contributed by atoms with Crippen molar-refractivity contribution >= 4 is 32.9 Å². The zero-order valence-corrected chi connectivity index (χ0v) is 10.8. The molecule has 1 fully saturated rings. The first kappa shape index (κ1) is 11.5. The standard InChI is InChI=1S/C13H15N3OS/c14-12-1-2-13(10-3-4-15-9-11(10)12)16-5-7-18(17)8-6-16/h1-4,9H,5-8,14H2. The molecule has 0 bridgehead atoms. The van der Waals surface area contributed by atoms with Gasteiger partial charge in [-0.05, 0) is 18.2 Å². The molecular formula is C13H15N3OS. The molecule has 2 N–H and O–H groups in total. The van der Waals surface area contributed by atoms with Crippen LogP contribution in [0.2, 0.25) is 0 Å². The quantitative estimate of drug-likeness (QED) is 0.788. The van der Waals surface area contributed by atoms with Crippen molar-refractivity contribution in [1.82, 2.24) is 4.98 Å². The fourth-order valence-corrected chi connectivity index (χ4v) is 3.40. The maximum absolute atomic E-state index is 11.4. The Kier molecular flexibility index (Phi) is 2.91. The van der Waals surface area contributed by atoms with E-state index in [2.05, 4.69) is 9.88 Å². The van der Waals surface area contributed by atoms with Gasteiger partial charge < -0.3 is 10.6 Å². The van der Waals surface area contributed by atoms with Gasteiger partial charge in [0.25, 0.3) is 0 Å². The van der Waals surface area contributed by atoms with Crippen LogP contribution in [0, 0.1) is 0 Å². The zero-order valence-electron chi connectivity index (χ0n) is 10.0. The number of anilines is 2. The molecule has 0 amide bonds. The van der Waals surface area contributed by atoms with Gasteiger partial charge in [-0.3, -0.25) is 9.19 Å². The summed E-state index contributed by atoms with van der Waals surface area (Å²) >= 11 is 0. The maximum Gasteiger partial charge on any atom is 0.0449 e. The summed E-state index contributed by atoms with van der Waals surface area (Å²) in [6.45, 7) is 1.68. The fraction of sp³-hybridized carbons (Fsp3) is 0.308. The Morgan fingerprint density at radius 3 is 2.72 bits per heavy atom. The number of pyridine rings is 1. The average molecular weight is 261 g/mol. The zero-order chi connectivity index (χ0) is 12.5. The van der Waals surface area contributed by atoms with E-state index in [4.69, 9.17) is 5.73 Å².